The molecule has 46 heavy (non-hydrogen) atoms. The molecule has 4 heteroatoms. The monoisotopic (exact) mass is 637 g/mol. The molecular weight excluding hydrogens is 560 g/mol. The van der Waals surface area contributed by atoms with Gasteiger partial charge in [-0.05, 0) is 38.5 Å². The van der Waals surface area contributed by atoms with Crippen molar-refractivity contribution in [1.29, 1.82) is 0 Å². The molecular formula is C42H76N4+2. The van der Waals surface area contributed by atoms with E-state index in [4.69, 9.17) is 0 Å². The zero-order chi connectivity index (χ0) is 32.9. The van der Waals surface area contributed by atoms with Crippen molar-refractivity contribution < 1.29 is 9.13 Å². The number of anilines is 2. The Morgan fingerprint density at radius 1 is 0.413 bits per heavy atom. The van der Waals surface area contributed by atoms with Crippen LogP contribution in [0.1, 0.15) is 182 Å². The molecule has 2 heterocycles. The fourth-order valence-electron chi connectivity index (χ4n) is 6.62. The highest BCUT2D eigenvalue weighted by Gasteiger charge is 2.09. The summed E-state index contributed by atoms with van der Waals surface area (Å²) in [5.41, 5.74) is 2.55. The second-order valence-corrected chi connectivity index (χ2v) is 14.1. The molecule has 0 amide bonds. The maximum Gasteiger partial charge on any atom is 0.170 e. The van der Waals surface area contributed by atoms with E-state index in [1.165, 1.54) is 165 Å². The third kappa shape index (κ3) is 20.2. The lowest BCUT2D eigenvalue weighted by atomic mass is 10.0. The number of unbranched alkanes of at least 4 members (excludes halogenated alkanes) is 17. The van der Waals surface area contributed by atoms with Gasteiger partial charge in [0, 0.05) is 60.6 Å². The van der Waals surface area contributed by atoms with E-state index in [0.29, 0.717) is 12.1 Å². The van der Waals surface area contributed by atoms with Crippen molar-refractivity contribution in [2.24, 2.45) is 0 Å². The van der Waals surface area contributed by atoms with Gasteiger partial charge in [-0.25, -0.2) is 9.13 Å². The second kappa shape index (κ2) is 28.0. The van der Waals surface area contributed by atoms with Crippen molar-refractivity contribution in [1.82, 2.24) is 0 Å². The van der Waals surface area contributed by atoms with E-state index in [0.717, 1.165) is 13.1 Å². The standard InChI is InChI=1S/C42H74N4/c1-5-9-23-27-39(7-3)43-41-29-35-45(36-30-41)33-25-21-19-17-15-13-11-12-14-16-18-20-22-26-34-46-37-31-42(32-38-46)44-40(8-4)28-24-10-6-2/h29-32,35-40H,5-28,33-34H2,1-4H3/p+2. The molecule has 2 N–H and O–H groups in total. The Morgan fingerprint density at radius 3 is 1.00 bits per heavy atom. The number of pyridine rings is 2. The Bertz CT molecular complexity index is 848. The lowest BCUT2D eigenvalue weighted by molar-refractivity contribution is -0.697. The van der Waals surface area contributed by atoms with E-state index in [-0.39, 0.29) is 0 Å². The summed E-state index contributed by atoms with van der Waals surface area (Å²) in [4.78, 5) is 0. The summed E-state index contributed by atoms with van der Waals surface area (Å²) in [6.45, 7) is 11.5. The average molecular weight is 637 g/mol. The fraction of sp³-hybridized carbons (Fsp3) is 0.762. The smallest absolute Gasteiger partial charge is 0.170 e. The molecule has 2 aromatic rings. The van der Waals surface area contributed by atoms with Gasteiger partial charge in [-0.15, -0.1) is 0 Å². The number of nitrogens with zero attached hydrogens (tertiary/aromatic N) is 2. The summed E-state index contributed by atoms with van der Waals surface area (Å²) in [5.74, 6) is 0. The van der Waals surface area contributed by atoms with Gasteiger partial charge >= 0.3 is 0 Å². The van der Waals surface area contributed by atoms with Crippen molar-refractivity contribution in [3.05, 3.63) is 49.1 Å². The molecule has 0 radical (unpaired) electrons. The van der Waals surface area contributed by atoms with Crippen LogP contribution in [0, 0.1) is 0 Å². The Balaban J connectivity index is 1.36. The lowest BCUT2D eigenvalue weighted by Gasteiger charge is -2.17. The molecule has 262 valence electrons. The van der Waals surface area contributed by atoms with Crippen LogP contribution in [0.15, 0.2) is 49.1 Å². The van der Waals surface area contributed by atoms with E-state index >= 15 is 0 Å². The SMILES string of the molecule is CCCCCC(CC)Nc1cc[n+](CCCCCCCCCCCCCCCC[n+]2ccc(NC(CC)CCCCC)cc2)cc1. The van der Waals surface area contributed by atoms with Crippen molar-refractivity contribution in [3.8, 4) is 0 Å². The predicted molar refractivity (Wildman–Crippen MR) is 202 cm³/mol. The molecule has 4 nitrogen and oxygen atoms in total. The van der Waals surface area contributed by atoms with Crippen LogP contribution in [0.2, 0.25) is 0 Å². The average Bonchev–Trinajstić information content (AvgIpc) is 3.08. The number of nitrogens with one attached hydrogen (secondary N) is 2. The molecule has 0 fully saturated rings. The molecule has 2 rings (SSSR count). The minimum absolute atomic E-state index is 0.610. The Hall–Kier alpha value is -2.10. The topological polar surface area (TPSA) is 31.8 Å². The molecule has 0 spiro atoms. The lowest BCUT2D eigenvalue weighted by Crippen LogP contribution is -2.32. The third-order valence-electron chi connectivity index (χ3n) is 9.90. The van der Waals surface area contributed by atoms with E-state index in [1.807, 2.05) is 0 Å². The Kier molecular flexibility index (Phi) is 24.4. The van der Waals surface area contributed by atoms with E-state index < -0.39 is 0 Å². The number of hydrogen-bond donors (Lipinski definition) is 2. The number of rotatable bonds is 31. The largest absolute Gasteiger partial charge is 0.382 e. The maximum absolute atomic E-state index is 3.74. The number of hydrogen-bond acceptors (Lipinski definition) is 2. The summed E-state index contributed by atoms with van der Waals surface area (Å²) in [7, 11) is 0. The molecule has 0 bridgehead atoms. The van der Waals surface area contributed by atoms with Crippen molar-refractivity contribution in [2.75, 3.05) is 10.6 Å². The van der Waals surface area contributed by atoms with Crippen LogP contribution in [-0.2, 0) is 13.1 Å². The normalized spacial score (nSPS) is 12.7. The van der Waals surface area contributed by atoms with Gasteiger partial charge in [0.05, 0.1) is 0 Å². The van der Waals surface area contributed by atoms with Crippen LogP contribution in [0.5, 0.6) is 0 Å². The number of aromatic nitrogens is 2. The first kappa shape index (κ1) is 40.1. The van der Waals surface area contributed by atoms with Gasteiger partial charge < -0.3 is 10.6 Å². The van der Waals surface area contributed by atoms with Crippen LogP contribution >= 0.6 is 0 Å². The first-order chi connectivity index (χ1) is 22.7. The first-order valence-electron chi connectivity index (χ1n) is 20.2. The molecule has 0 saturated heterocycles. The maximum atomic E-state index is 3.74. The van der Waals surface area contributed by atoms with Gasteiger partial charge in [-0.3, -0.25) is 0 Å². The van der Waals surface area contributed by atoms with Gasteiger partial charge in [0.25, 0.3) is 0 Å². The predicted octanol–water partition coefficient (Wildman–Crippen LogP) is 12.0. The fourth-order valence-corrected chi connectivity index (χ4v) is 6.62. The van der Waals surface area contributed by atoms with E-state index in [2.05, 4.69) is 96.5 Å². The van der Waals surface area contributed by atoms with Gasteiger partial charge in [0.2, 0.25) is 0 Å². The van der Waals surface area contributed by atoms with Gasteiger partial charge in [0.1, 0.15) is 13.1 Å². The minimum Gasteiger partial charge on any atom is -0.382 e. The second-order valence-electron chi connectivity index (χ2n) is 14.1. The van der Waals surface area contributed by atoms with Crippen molar-refractivity contribution in [2.45, 2.75) is 207 Å². The van der Waals surface area contributed by atoms with Gasteiger partial charge in [-0.2, -0.15) is 0 Å². The zero-order valence-electron chi connectivity index (χ0n) is 31.1. The number of aryl methyl sites for hydroxylation is 2. The Labute approximate surface area is 286 Å². The van der Waals surface area contributed by atoms with Crippen LogP contribution in [0.25, 0.3) is 0 Å². The molecule has 2 unspecified atom stereocenters. The van der Waals surface area contributed by atoms with Crippen LogP contribution < -0.4 is 19.8 Å². The molecule has 2 aromatic heterocycles. The van der Waals surface area contributed by atoms with Crippen LogP contribution in [-0.4, -0.2) is 12.1 Å². The van der Waals surface area contributed by atoms with Gasteiger partial charge in [0.15, 0.2) is 24.8 Å². The van der Waals surface area contributed by atoms with Crippen molar-refractivity contribution in [3.63, 3.8) is 0 Å². The molecule has 0 saturated carbocycles. The molecule has 2 atom stereocenters. The summed E-state index contributed by atoms with van der Waals surface area (Å²) in [6.07, 6.45) is 41.5. The summed E-state index contributed by atoms with van der Waals surface area (Å²) in [6, 6.07) is 10.3. The Morgan fingerprint density at radius 2 is 0.717 bits per heavy atom. The highest BCUT2D eigenvalue weighted by molar-refractivity contribution is 5.41. The molecule has 0 aliphatic carbocycles. The molecule has 0 aliphatic heterocycles. The van der Waals surface area contributed by atoms with Crippen molar-refractivity contribution >= 4 is 11.4 Å². The minimum atomic E-state index is 0.610. The van der Waals surface area contributed by atoms with E-state index in [9.17, 15) is 0 Å². The quantitative estimate of drug-likeness (QED) is 0.0637. The summed E-state index contributed by atoms with van der Waals surface area (Å²) >= 11 is 0. The first-order valence-corrected chi connectivity index (χ1v) is 20.2. The third-order valence-corrected chi connectivity index (χ3v) is 9.90. The molecule has 0 aromatic carbocycles. The summed E-state index contributed by atoms with van der Waals surface area (Å²) < 4.78 is 4.72. The van der Waals surface area contributed by atoms with Crippen LogP contribution in [0.4, 0.5) is 11.4 Å². The zero-order valence-corrected chi connectivity index (χ0v) is 31.1. The summed E-state index contributed by atoms with van der Waals surface area (Å²) in [5, 5.41) is 7.47. The highest BCUT2D eigenvalue weighted by atomic mass is 15.0. The van der Waals surface area contributed by atoms with E-state index in [1.54, 1.807) is 0 Å². The molecule has 0 aliphatic rings. The van der Waals surface area contributed by atoms with Crippen LogP contribution in [0.3, 0.4) is 0 Å². The van der Waals surface area contributed by atoms with Gasteiger partial charge in [-0.1, -0.05) is 130 Å². The highest BCUT2D eigenvalue weighted by Crippen LogP contribution is 2.16.